The standard InChI is InChI=1S/C31H37F3N6O6/c1-3-19(2)25(27(42)43)37-26(41)23-13-10-21-16-24(23)45-15-7-5-4-6-14-44-22-11-8-20(9-12-22)17-35-28-38-29(36-21)40-30(39-28)46-18-31(32,33)34/h8-13,16,19,25H,3-7,14-15,17-18H2,1-2H3,(H,37,41)(H,42,43)(H2,35,36,38,39,40)/t19-,25+/m1/s1. The molecule has 2 atom stereocenters. The minimum absolute atomic E-state index is 0.0434. The number of carboxylic acid groups (broad SMARTS) is 1. The van der Waals surface area contributed by atoms with Crippen LogP contribution < -0.4 is 30.2 Å². The van der Waals surface area contributed by atoms with E-state index in [1.54, 1.807) is 6.92 Å². The molecule has 12 nitrogen and oxygen atoms in total. The van der Waals surface area contributed by atoms with Gasteiger partial charge < -0.3 is 35.3 Å². The second-order valence-corrected chi connectivity index (χ2v) is 10.8. The number of nitrogens with one attached hydrogen (secondary N) is 3. The highest BCUT2D eigenvalue weighted by Crippen LogP contribution is 2.27. The van der Waals surface area contributed by atoms with Gasteiger partial charge in [0, 0.05) is 18.3 Å². The van der Waals surface area contributed by atoms with Crippen molar-refractivity contribution in [2.45, 2.75) is 64.7 Å². The lowest BCUT2D eigenvalue weighted by Gasteiger charge is -2.21. The smallest absolute Gasteiger partial charge is 0.422 e. The molecule has 0 radical (unpaired) electrons. The van der Waals surface area contributed by atoms with E-state index >= 15 is 0 Å². The zero-order valence-electron chi connectivity index (χ0n) is 25.5. The van der Waals surface area contributed by atoms with Crippen molar-refractivity contribution in [3.8, 4) is 17.5 Å². The third-order valence-corrected chi connectivity index (χ3v) is 7.17. The number of carbonyl (C=O) groups excluding carboxylic acids is 1. The van der Waals surface area contributed by atoms with Gasteiger partial charge in [0.25, 0.3) is 5.91 Å². The van der Waals surface area contributed by atoms with Crippen LogP contribution in [0.2, 0.25) is 0 Å². The molecule has 0 saturated heterocycles. The molecule has 5 rings (SSSR count). The summed E-state index contributed by atoms with van der Waals surface area (Å²) < 4.78 is 55.3. The van der Waals surface area contributed by atoms with E-state index in [4.69, 9.17) is 14.2 Å². The molecule has 0 unspecified atom stereocenters. The Hall–Kier alpha value is -4.82. The van der Waals surface area contributed by atoms with Crippen LogP contribution in [-0.2, 0) is 11.3 Å². The fraction of sp³-hybridized carbons (Fsp3) is 0.452. The Morgan fingerprint density at radius 2 is 1.70 bits per heavy atom. The van der Waals surface area contributed by atoms with Crippen LogP contribution in [0.5, 0.6) is 17.5 Å². The Kier molecular flexibility index (Phi) is 11.8. The van der Waals surface area contributed by atoms with E-state index < -0.39 is 36.7 Å². The third-order valence-electron chi connectivity index (χ3n) is 7.17. The first-order valence-corrected chi connectivity index (χ1v) is 15.0. The molecule has 2 aliphatic rings. The molecule has 2 aromatic carbocycles. The summed E-state index contributed by atoms with van der Waals surface area (Å²) in [5.74, 6) is -1.39. The van der Waals surface area contributed by atoms with Gasteiger partial charge >= 0.3 is 18.2 Å². The molecule has 1 aromatic heterocycles. The second-order valence-electron chi connectivity index (χ2n) is 10.8. The summed E-state index contributed by atoms with van der Waals surface area (Å²) in [6, 6.07) is 10.2. The van der Waals surface area contributed by atoms with Gasteiger partial charge in [0.2, 0.25) is 11.9 Å². The molecular weight excluding hydrogens is 609 g/mol. The van der Waals surface area contributed by atoms with Gasteiger partial charge in [0.15, 0.2) is 6.61 Å². The van der Waals surface area contributed by atoms with Gasteiger partial charge in [-0.05, 0) is 61.4 Å². The van der Waals surface area contributed by atoms with Crippen LogP contribution in [0.15, 0.2) is 42.5 Å². The predicted molar refractivity (Wildman–Crippen MR) is 163 cm³/mol. The highest BCUT2D eigenvalue weighted by atomic mass is 19.4. The van der Waals surface area contributed by atoms with Crippen LogP contribution >= 0.6 is 0 Å². The molecule has 46 heavy (non-hydrogen) atoms. The summed E-state index contributed by atoms with van der Waals surface area (Å²) in [4.78, 5) is 37.3. The molecular formula is C31H37F3N6O6. The quantitative estimate of drug-likeness (QED) is 0.249. The number of halogens is 3. The Morgan fingerprint density at radius 3 is 2.37 bits per heavy atom. The average Bonchev–Trinajstić information content (AvgIpc) is 3.02. The molecule has 3 aromatic rings. The number of carbonyl (C=O) groups is 2. The summed E-state index contributed by atoms with van der Waals surface area (Å²) in [6.07, 6.45) is -0.819. The van der Waals surface area contributed by atoms with Crippen molar-refractivity contribution in [3.05, 3.63) is 53.6 Å². The molecule has 0 spiro atoms. The fourth-order valence-corrected chi connectivity index (χ4v) is 4.46. The maximum absolute atomic E-state index is 13.3. The van der Waals surface area contributed by atoms with E-state index in [0.717, 1.165) is 24.8 Å². The number of ether oxygens (including phenoxy) is 3. The van der Waals surface area contributed by atoms with Gasteiger partial charge in [-0.2, -0.15) is 28.1 Å². The van der Waals surface area contributed by atoms with Crippen molar-refractivity contribution in [3.63, 3.8) is 0 Å². The van der Waals surface area contributed by atoms with Crippen molar-refractivity contribution in [2.75, 3.05) is 30.5 Å². The molecule has 0 aliphatic carbocycles. The van der Waals surface area contributed by atoms with Crippen LogP contribution in [0.4, 0.5) is 30.8 Å². The van der Waals surface area contributed by atoms with Crippen molar-refractivity contribution in [1.82, 2.24) is 20.3 Å². The maximum Gasteiger partial charge on any atom is 0.422 e. The zero-order chi connectivity index (χ0) is 33.1. The number of anilines is 3. The summed E-state index contributed by atoms with van der Waals surface area (Å²) in [6.45, 7) is 3.02. The van der Waals surface area contributed by atoms with E-state index in [1.807, 2.05) is 31.2 Å². The van der Waals surface area contributed by atoms with Crippen LogP contribution in [0.3, 0.4) is 0 Å². The van der Waals surface area contributed by atoms with Crippen molar-refractivity contribution < 1.29 is 42.1 Å². The van der Waals surface area contributed by atoms with E-state index in [2.05, 4.69) is 30.9 Å². The highest BCUT2D eigenvalue weighted by molar-refractivity contribution is 5.99. The number of fused-ring (bicyclic) bond motifs is 10. The van der Waals surface area contributed by atoms with Gasteiger partial charge in [-0.25, -0.2) is 4.79 Å². The molecule has 0 saturated carbocycles. The molecule has 3 heterocycles. The van der Waals surface area contributed by atoms with Gasteiger partial charge in [-0.1, -0.05) is 32.4 Å². The number of benzene rings is 2. The number of aromatic nitrogens is 3. The van der Waals surface area contributed by atoms with Crippen molar-refractivity contribution in [1.29, 1.82) is 0 Å². The molecule has 4 N–H and O–H groups in total. The number of hydrogen-bond donors (Lipinski definition) is 4. The second kappa shape index (κ2) is 16.0. The molecule has 248 valence electrons. The van der Waals surface area contributed by atoms with E-state index in [9.17, 15) is 27.9 Å². The molecule has 2 aliphatic heterocycles. The first kappa shape index (κ1) is 34.1. The largest absolute Gasteiger partial charge is 0.494 e. The average molecular weight is 647 g/mol. The summed E-state index contributed by atoms with van der Waals surface area (Å²) >= 11 is 0. The van der Waals surface area contributed by atoms with Crippen LogP contribution in [0.25, 0.3) is 0 Å². The maximum atomic E-state index is 13.3. The molecule has 0 fully saturated rings. The van der Waals surface area contributed by atoms with E-state index in [1.165, 1.54) is 18.2 Å². The third kappa shape index (κ3) is 10.4. The summed E-state index contributed by atoms with van der Waals surface area (Å²) in [5.41, 5.74) is 1.31. The number of carboxylic acids is 1. The Balaban J connectivity index is 1.65. The Morgan fingerprint density at radius 1 is 1.00 bits per heavy atom. The number of nitrogens with zero attached hydrogens (tertiary/aromatic N) is 3. The topological polar surface area (TPSA) is 157 Å². The molecule has 1 amide bonds. The lowest BCUT2D eigenvalue weighted by Crippen LogP contribution is -2.45. The summed E-state index contributed by atoms with van der Waals surface area (Å²) in [7, 11) is 0. The number of rotatable bonds is 7. The Bertz CT molecular complexity index is 1470. The van der Waals surface area contributed by atoms with Gasteiger partial charge in [-0.15, -0.1) is 0 Å². The van der Waals surface area contributed by atoms with Crippen LogP contribution in [0, 0.1) is 5.92 Å². The zero-order valence-corrected chi connectivity index (χ0v) is 25.5. The van der Waals surface area contributed by atoms with Crippen molar-refractivity contribution in [2.24, 2.45) is 5.92 Å². The number of alkyl halides is 3. The summed E-state index contributed by atoms with van der Waals surface area (Å²) in [5, 5.41) is 18.1. The first-order valence-electron chi connectivity index (χ1n) is 15.0. The predicted octanol–water partition coefficient (Wildman–Crippen LogP) is 5.73. The van der Waals surface area contributed by atoms with Gasteiger partial charge in [0.1, 0.15) is 17.5 Å². The Labute approximate surface area is 264 Å². The van der Waals surface area contributed by atoms with Crippen LogP contribution in [-0.4, -0.2) is 64.0 Å². The normalized spacial score (nSPS) is 15.4. The minimum Gasteiger partial charge on any atom is -0.494 e. The van der Waals surface area contributed by atoms with Gasteiger partial charge in [0.05, 0.1) is 18.8 Å². The van der Waals surface area contributed by atoms with E-state index in [0.29, 0.717) is 30.9 Å². The van der Waals surface area contributed by atoms with Gasteiger partial charge in [-0.3, -0.25) is 4.79 Å². The lowest BCUT2D eigenvalue weighted by atomic mass is 9.99. The van der Waals surface area contributed by atoms with Crippen molar-refractivity contribution >= 4 is 29.5 Å². The van der Waals surface area contributed by atoms with Crippen LogP contribution in [0.1, 0.15) is 61.9 Å². The minimum atomic E-state index is -4.61. The number of amides is 1. The van der Waals surface area contributed by atoms with E-state index in [-0.39, 0.29) is 42.3 Å². The monoisotopic (exact) mass is 646 g/mol. The SMILES string of the molecule is CC[C@@H](C)[C@H](NC(=O)c1ccc2cc1OCCCCCCOc1ccc(cc1)CNc1nc(nc(OCC(F)(F)F)n1)N2)C(=O)O. The highest BCUT2D eigenvalue weighted by Gasteiger charge is 2.30. The molecule has 15 heteroatoms. The first-order chi connectivity index (χ1) is 22.0. The number of aliphatic carboxylic acids is 1. The lowest BCUT2D eigenvalue weighted by molar-refractivity contribution is -0.154. The molecule has 6 bridgehead atoms. The number of hydrogen-bond acceptors (Lipinski definition) is 10. The fourth-order valence-electron chi connectivity index (χ4n) is 4.46.